The normalized spacial score (nSPS) is 44.6. The van der Waals surface area contributed by atoms with E-state index in [-0.39, 0.29) is 24.6 Å². The predicted molar refractivity (Wildman–Crippen MR) is 94.7 cm³/mol. The first-order valence-electron chi connectivity index (χ1n) is 10.1. The van der Waals surface area contributed by atoms with Crippen molar-refractivity contribution in [1.29, 1.82) is 0 Å². The van der Waals surface area contributed by atoms with Crippen molar-refractivity contribution in [3.8, 4) is 0 Å². The highest BCUT2D eigenvalue weighted by molar-refractivity contribution is 5.81. The fraction of sp³-hybridized carbons (Fsp3) is 0.950. The van der Waals surface area contributed by atoms with E-state index in [0.717, 1.165) is 6.42 Å². The van der Waals surface area contributed by atoms with Crippen LogP contribution in [0.25, 0.3) is 0 Å². The minimum atomic E-state index is -1.17. The zero-order chi connectivity index (χ0) is 19.3. The number of carbonyl (C=O) groups excluding carboxylic acids is 1. The van der Waals surface area contributed by atoms with Gasteiger partial charge in [0.15, 0.2) is 5.79 Å². The summed E-state index contributed by atoms with van der Waals surface area (Å²) >= 11 is 0. The molecule has 3 saturated carbocycles. The molecule has 0 amide bonds. The molecule has 154 valence electrons. The van der Waals surface area contributed by atoms with Crippen molar-refractivity contribution in [3.63, 3.8) is 0 Å². The van der Waals surface area contributed by atoms with Gasteiger partial charge >= 0.3 is 5.97 Å². The second-order valence-electron chi connectivity index (χ2n) is 8.77. The molecule has 1 spiro atoms. The summed E-state index contributed by atoms with van der Waals surface area (Å²) in [6.07, 6.45) is 4.07. The average molecular weight is 384 g/mol. The Morgan fingerprint density at radius 2 is 1.93 bits per heavy atom. The van der Waals surface area contributed by atoms with E-state index in [2.05, 4.69) is 6.92 Å². The Hall–Kier alpha value is -0.730. The molecule has 0 aromatic rings. The Kier molecular flexibility index (Phi) is 4.83. The molecule has 1 heterocycles. The van der Waals surface area contributed by atoms with E-state index in [1.54, 1.807) is 7.11 Å². The molecule has 3 aliphatic carbocycles. The smallest absolute Gasteiger partial charge is 0.315 e. The van der Waals surface area contributed by atoms with Crippen LogP contribution in [0, 0.1) is 22.7 Å². The lowest BCUT2D eigenvalue weighted by Gasteiger charge is -2.51. The van der Waals surface area contributed by atoms with Gasteiger partial charge in [-0.05, 0) is 43.4 Å². The van der Waals surface area contributed by atoms with Crippen molar-refractivity contribution >= 4 is 5.97 Å². The van der Waals surface area contributed by atoms with Crippen molar-refractivity contribution in [1.82, 2.24) is 0 Å². The van der Waals surface area contributed by atoms with Crippen molar-refractivity contribution in [3.05, 3.63) is 0 Å². The van der Waals surface area contributed by atoms with Crippen LogP contribution in [-0.2, 0) is 28.5 Å². The number of aliphatic hydroxyl groups is 1. The fourth-order valence-corrected chi connectivity index (χ4v) is 7.22. The largest absolute Gasteiger partial charge is 0.468 e. The van der Waals surface area contributed by atoms with Gasteiger partial charge in [0.1, 0.15) is 12.2 Å². The van der Waals surface area contributed by atoms with E-state index in [9.17, 15) is 9.90 Å². The number of hydrogen-bond donors (Lipinski definition) is 1. The lowest BCUT2D eigenvalue weighted by Crippen LogP contribution is -2.57. The van der Waals surface area contributed by atoms with E-state index in [1.165, 1.54) is 7.11 Å². The minimum Gasteiger partial charge on any atom is -0.468 e. The zero-order valence-corrected chi connectivity index (χ0v) is 16.6. The summed E-state index contributed by atoms with van der Waals surface area (Å²) in [5.74, 6) is -1.18. The highest BCUT2D eigenvalue weighted by atomic mass is 16.7. The summed E-state index contributed by atoms with van der Waals surface area (Å²) in [7, 11) is 3.02. The molecule has 4 aliphatic rings. The van der Waals surface area contributed by atoms with E-state index < -0.39 is 22.2 Å². The Bertz CT molecular complexity index is 589. The van der Waals surface area contributed by atoms with Crippen molar-refractivity contribution < 1.29 is 33.6 Å². The molecule has 1 N–H and O–H groups in total. The van der Waals surface area contributed by atoms with Gasteiger partial charge in [0.05, 0.1) is 32.5 Å². The molecule has 0 radical (unpaired) electrons. The first-order valence-corrected chi connectivity index (χ1v) is 10.1. The molecule has 1 saturated heterocycles. The molecule has 0 unspecified atom stereocenters. The Morgan fingerprint density at radius 3 is 2.59 bits per heavy atom. The zero-order valence-electron chi connectivity index (χ0n) is 16.6. The molecular weight excluding hydrogens is 352 g/mol. The second kappa shape index (κ2) is 6.66. The van der Waals surface area contributed by atoms with Gasteiger partial charge < -0.3 is 28.8 Å². The Morgan fingerprint density at radius 1 is 1.19 bits per heavy atom. The SMILES string of the molecule is COCOCC[C@]12C[C@H](C3(C[C@@H]1C)OCCO3)[C@@]1(O)CCC[C@@]21C(=O)OC. The molecule has 0 aromatic heterocycles. The third kappa shape index (κ3) is 2.29. The molecule has 2 bridgehead atoms. The van der Waals surface area contributed by atoms with Crippen molar-refractivity contribution in [2.24, 2.45) is 22.7 Å². The molecular formula is C20H32O7. The van der Waals surface area contributed by atoms with Gasteiger partial charge in [0, 0.05) is 19.4 Å². The van der Waals surface area contributed by atoms with Crippen LogP contribution < -0.4 is 0 Å². The standard InChI is InChI=1S/C20H32O7/c1-14-11-20(26-9-10-27-20)15-12-17(14,7-8-25-13-23-2)18(16(21)24-3)5-4-6-19(15,18)22/h14-15,22H,4-13H2,1-3H3/t14-,15-,17-,18+,19-/m0/s1. The highest BCUT2D eigenvalue weighted by Crippen LogP contribution is 2.77. The molecule has 27 heavy (non-hydrogen) atoms. The van der Waals surface area contributed by atoms with Gasteiger partial charge in [-0.25, -0.2) is 0 Å². The number of rotatable bonds is 6. The number of methoxy groups -OCH3 is 2. The van der Waals surface area contributed by atoms with E-state index in [1.807, 2.05) is 0 Å². The van der Waals surface area contributed by atoms with Crippen LogP contribution in [0.3, 0.4) is 0 Å². The Balaban J connectivity index is 1.79. The van der Waals surface area contributed by atoms with Gasteiger partial charge in [-0.2, -0.15) is 0 Å². The van der Waals surface area contributed by atoms with E-state index >= 15 is 0 Å². The summed E-state index contributed by atoms with van der Waals surface area (Å²) < 4.78 is 28.2. The maximum Gasteiger partial charge on any atom is 0.315 e. The molecule has 7 heteroatoms. The Labute approximate surface area is 160 Å². The maximum atomic E-state index is 13.3. The first kappa shape index (κ1) is 19.6. The van der Waals surface area contributed by atoms with Crippen LogP contribution in [0.2, 0.25) is 0 Å². The topological polar surface area (TPSA) is 83.5 Å². The van der Waals surface area contributed by atoms with Crippen LogP contribution in [0.15, 0.2) is 0 Å². The summed E-state index contributed by atoms with van der Waals surface area (Å²) in [5, 5.41) is 12.0. The van der Waals surface area contributed by atoms with Crippen molar-refractivity contribution in [2.75, 3.05) is 40.8 Å². The number of ether oxygens (including phenoxy) is 5. The highest BCUT2D eigenvalue weighted by Gasteiger charge is 2.83. The van der Waals surface area contributed by atoms with E-state index in [0.29, 0.717) is 51.9 Å². The summed E-state index contributed by atoms with van der Waals surface area (Å²) in [6.45, 7) is 3.94. The minimum absolute atomic E-state index is 0.129. The quantitative estimate of drug-likeness (QED) is 0.425. The van der Waals surface area contributed by atoms with Crippen LogP contribution in [-0.4, -0.2) is 63.3 Å². The van der Waals surface area contributed by atoms with Gasteiger partial charge in [-0.1, -0.05) is 6.92 Å². The number of esters is 1. The van der Waals surface area contributed by atoms with Gasteiger partial charge in [0.2, 0.25) is 0 Å². The molecule has 0 aromatic carbocycles. The lowest BCUT2D eigenvalue weighted by atomic mass is 9.54. The van der Waals surface area contributed by atoms with Crippen molar-refractivity contribution in [2.45, 2.75) is 56.8 Å². The van der Waals surface area contributed by atoms with Crippen LogP contribution in [0.4, 0.5) is 0 Å². The van der Waals surface area contributed by atoms with E-state index in [4.69, 9.17) is 23.7 Å². The van der Waals surface area contributed by atoms with Gasteiger partial charge in [0.25, 0.3) is 0 Å². The molecule has 7 nitrogen and oxygen atoms in total. The molecule has 5 atom stereocenters. The number of fused-ring (bicyclic) bond motifs is 6. The summed E-state index contributed by atoms with van der Waals surface area (Å²) in [6, 6.07) is 0. The lowest BCUT2D eigenvalue weighted by molar-refractivity contribution is -0.251. The maximum absolute atomic E-state index is 13.3. The van der Waals surface area contributed by atoms with Gasteiger partial charge in [-0.3, -0.25) is 4.79 Å². The number of hydrogen-bond acceptors (Lipinski definition) is 7. The van der Waals surface area contributed by atoms with Crippen LogP contribution >= 0.6 is 0 Å². The van der Waals surface area contributed by atoms with Crippen LogP contribution in [0.1, 0.15) is 45.4 Å². The monoisotopic (exact) mass is 384 g/mol. The summed E-state index contributed by atoms with van der Waals surface area (Å²) in [4.78, 5) is 13.3. The average Bonchev–Trinajstić information content (AvgIpc) is 3.30. The first-order chi connectivity index (χ1) is 12.9. The third-order valence-corrected chi connectivity index (χ3v) is 8.11. The predicted octanol–water partition coefficient (Wildman–Crippen LogP) is 1.86. The second-order valence-corrected chi connectivity index (χ2v) is 8.77. The fourth-order valence-electron chi connectivity index (χ4n) is 7.22. The number of carbonyl (C=O) groups is 1. The summed E-state index contributed by atoms with van der Waals surface area (Å²) in [5.41, 5.74) is -2.51. The van der Waals surface area contributed by atoms with Gasteiger partial charge in [-0.15, -0.1) is 0 Å². The molecule has 4 fully saturated rings. The van der Waals surface area contributed by atoms with Crippen LogP contribution in [0.5, 0.6) is 0 Å². The molecule has 4 rings (SSSR count). The third-order valence-electron chi connectivity index (χ3n) is 8.11. The molecule has 1 aliphatic heterocycles.